The van der Waals surface area contributed by atoms with Gasteiger partial charge in [-0.3, -0.25) is 4.90 Å². The van der Waals surface area contributed by atoms with E-state index in [9.17, 15) is 4.39 Å². The number of nitrogens with one attached hydrogen (secondary N) is 1. The molecule has 2 aliphatic rings. The fraction of sp³-hybridized carbons (Fsp3) is 0.600. The number of nitrogens with zero attached hydrogens (tertiary/aromatic N) is 1. The molecule has 120 valence electrons. The molecule has 1 heterocycles. The first-order valence-corrected chi connectivity index (χ1v) is 7.93. The van der Waals surface area contributed by atoms with Crippen LogP contribution in [0.4, 0.5) is 4.39 Å². The summed E-state index contributed by atoms with van der Waals surface area (Å²) in [5.41, 5.74) is 0.864. The van der Waals surface area contributed by atoms with E-state index in [0.29, 0.717) is 0 Å². The summed E-state index contributed by atoms with van der Waals surface area (Å²) in [5.74, 6) is 0.741. The van der Waals surface area contributed by atoms with E-state index in [1.807, 2.05) is 6.07 Å². The van der Waals surface area contributed by atoms with Crippen molar-refractivity contribution in [1.82, 2.24) is 10.2 Å². The molecule has 0 aromatic heterocycles. The van der Waals surface area contributed by atoms with Crippen LogP contribution in [-0.4, -0.2) is 31.1 Å². The molecule has 1 aliphatic carbocycles. The summed E-state index contributed by atoms with van der Waals surface area (Å²) in [4.78, 5) is 2.44. The van der Waals surface area contributed by atoms with E-state index in [1.165, 1.54) is 12.8 Å². The SMILES string of the molecule is Cl.Cl.Fc1ccc(Br)cc1[C@H](CC1CC1)N1CCNCC1. The molecule has 1 N–H and O–H groups in total. The van der Waals surface area contributed by atoms with Crippen molar-refractivity contribution in [1.29, 1.82) is 0 Å². The first kappa shape index (κ1) is 19.2. The molecule has 2 nitrogen and oxygen atoms in total. The number of hydrogen-bond acceptors (Lipinski definition) is 2. The van der Waals surface area contributed by atoms with E-state index in [0.717, 1.165) is 48.6 Å². The van der Waals surface area contributed by atoms with E-state index in [4.69, 9.17) is 0 Å². The van der Waals surface area contributed by atoms with Crippen molar-refractivity contribution in [2.75, 3.05) is 26.2 Å². The maximum atomic E-state index is 14.2. The largest absolute Gasteiger partial charge is 0.314 e. The van der Waals surface area contributed by atoms with Crippen molar-refractivity contribution in [3.05, 3.63) is 34.1 Å². The van der Waals surface area contributed by atoms with E-state index in [2.05, 4.69) is 26.1 Å². The van der Waals surface area contributed by atoms with Gasteiger partial charge in [-0.05, 0) is 30.5 Å². The van der Waals surface area contributed by atoms with Crippen LogP contribution in [0.15, 0.2) is 22.7 Å². The maximum Gasteiger partial charge on any atom is 0.128 e. The lowest BCUT2D eigenvalue weighted by molar-refractivity contribution is 0.157. The lowest BCUT2D eigenvalue weighted by Crippen LogP contribution is -2.45. The van der Waals surface area contributed by atoms with E-state index >= 15 is 0 Å². The Bertz CT molecular complexity index is 451. The van der Waals surface area contributed by atoms with E-state index in [-0.39, 0.29) is 36.7 Å². The molecule has 1 aromatic carbocycles. The molecule has 0 radical (unpaired) electrons. The molecule has 1 saturated heterocycles. The molecule has 1 aliphatic heterocycles. The highest BCUT2D eigenvalue weighted by Crippen LogP contribution is 2.41. The van der Waals surface area contributed by atoms with Gasteiger partial charge < -0.3 is 5.32 Å². The molecule has 0 amide bonds. The lowest BCUT2D eigenvalue weighted by atomic mass is 9.98. The predicted octanol–water partition coefficient (Wildman–Crippen LogP) is 4.18. The lowest BCUT2D eigenvalue weighted by Gasteiger charge is -2.35. The van der Waals surface area contributed by atoms with Crippen LogP contribution in [-0.2, 0) is 0 Å². The highest BCUT2D eigenvalue weighted by molar-refractivity contribution is 9.10. The van der Waals surface area contributed by atoms with Gasteiger partial charge in [0, 0.05) is 42.3 Å². The highest BCUT2D eigenvalue weighted by Gasteiger charge is 2.31. The van der Waals surface area contributed by atoms with E-state index in [1.54, 1.807) is 12.1 Å². The van der Waals surface area contributed by atoms with Crippen LogP contribution in [0.2, 0.25) is 0 Å². The summed E-state index contributed by atoms with van der Waals surface area (Å²) >= 11 is 3.47. The molecule has 0 unspecified atom stereocenters. The molecule has 1 aromatic rings. The molecular formula is C15H22BrCl2FN2. The minimum atomic E-state index is -0.0626. The van der Waals surface area contributed by atoms with Crippen LogP contribution in [0.1, 0.15) is 30.9 Å². The van der Waals surface area contributed by atoms with Crippen LogP contribution in [0, 0.1) is 11.7 Å². The average molecular weight is 400 g/mol. The van der Waals surface area contributed by atoms with Crippen molar-refractivity contribution in [3.8, 4) is 0 Å². The quantitative estimate of drug-likeness (QED) is 0.816. The maximum absolute atomic E-state index is 14.2. The minimum Gasteiger partial charge on any atom is -0.314 e. The normalized spacial score (nSPS) is 20.3. The molecule has 1 atom stereocenters. The van der Waals surface area contributed by atoms with Gasteiger partial charge >= 0.3 is 0 Å². The molecule has 6 heteroatoms. The number of benzene rings is 1. The van der Waals surface area contributed by atoms with Gasteiger partial charge in [-0.1, -0.05) is 28.8 Å². The smallest absolute Gasteiger partial charge is 0.128 e. The van der Waals surface area contributed by atoms with Crippen LogP contribution < -0.4 is 5.32 Å². The zero-order valence-corrected chi connectivity index (χ0v) is 15.1. The van der Waals surface area contributed by atoms with Gasteiger partial charge in [-0.2, -0.15) is 0 Å². The Morgan fingerprint density at radius 3 is 2.52 bits per heavy atom. The topological polar surface area (TPSA) is 15.3 Å². The Labute approximate surface area is 146 Å². The molecule has 0 bridgehead atoms. The third kappa shape index (κ3) is 5.07. The molecule has 2 fully saturated rings. The zero-order valence-electron chi connectivity index (χ0n) is 11.9. The second kappa shape index (κ2) is 8.68. The van der Waals surface area contributed by atoms with Crippen LogP contribution in [0.3, 0.4) is 0 Å². The molecule has 3 rings (SSSR count). The first-order valence-electron chi connectivity index (χ1n) is 7.14. The summed E-state index contributed by atoms with van der Waals surface area (Å²) in [6, 6.07) is 5.57. The third-order valence-corrected chi connectivity index (χ3v) is 4.66. The first-order chi connectivity index (χ1) is 9.24. The Balaban J connectivity index is 0.00000110. The summed E-state index contributed by atoms with van der Waals surface area (Å²) in [7, 11) is 0. The monoisotopic (exact) mass is 398 g/mol. The minimum absolute atomic E-state index is 0. The molecule has 21 heavy (non-hydrogen) atoms. The second-order valence-electron chi connectivity index (χ2n) is 5.65. The Morgan fingerprint density at radius 2 is 1.90 bits per heavy atom. The molecule has 1 saturated carbocycles. The Hall–Kier alpha value is 0.130. The summed E-state index contributed by atoms with van der Waals surface area (Å²) < 4.78 is 15.2. The Kier molecular flexibility index (Phi) is 7.93. The van der Waals surface area contributed by atoms with Gasteiger partial charge in [-0.15, -0.1) is 24.8 Å². The van der Waals surface area contributed by atoms with Crippen LogP contribution in [0.25, 0.3) is 0 Å². The van der Waals surface area contributed by atoms with Crippen molar-refractivity contribution >= 4 is 40.7 Å². The second-order valence-corrected chi connectivity index (χ2v) is 6.56. The summed E-state index contributed by atoms with van der Waals surface area (Å²) in [6.07, 6.45) is 3.74. The number of halogens is 4. The predicted molar refractivity (Wildman–Crippen MR) is 93.1 cm³/mol. The zero-order chi connectivity index (χ0) is 13.2. The van der Waals surface area contributed by atoms with Crippen molar-refractivity contribution in [2.45, 2.75) is 25.3 Å². The van der Waals surface area contributed by atoms with Gasteiger partial charge in [0.15, 0.2) is 0 Å². The summed E-state index contributed by atoms with van der Waals surface area (Å²) in [5, 5.41) is 3.37. The molecule has 0 spiro atoms. The molecular weight excluding hydrogens is 378 g/mol. The van der Waals surface area contributed by atoms with Crippen molar-refractivity contribution < 1.29 is 4.39 Å². The average Bonchev–Trinajstić information content (AvgIpc) is 3.24. The number of rotatable bonds is 4. The van der Waals surface area contributed by atoms with Gasteiger partial charge in [0.05, 0.1) is 0 Å². The van der Waals surface area contributed by atoms with E-state index < -0.39 is 0 Å². The van der Waals surface area contributed by atoms with Gasteiger partial charge in [0.1, 0.15) is 5.82 Å². The number of hydrogen-bond donors (Lipinski definition) is 1. The van der Waals surface area contributed by atoms with Crippen molar-refractivity contribution in [2.24, 2.45) is 5.92 Å². The van der Waals surface area contributed by atoms with Crippen LogP contribution in [0.5, 0.6) is 0 Å². The summed E-state index contributed by atoms with van der Waals surface area (Å²) in [6.45, 7) is 4.06. The number of piperazine rings is 1. The Morgan fingerprint density at radius 1 is 1.24 bits per heavy atom. The fourth-order valence-electron chi connectivity index (χ4n) is 2.91. The van der Waals surface area contributed by atoms with Crippen molar-refractivity contribution in [3.63, 3.8) is 0 Å². The van der Waals surface area contributed by atoms with Gasteiger partial charge in [0.2, 0.25) is 0 Å². The standard InChI is InChI=1S/C15H20BrFN2.2ClH/c16-12-3-4-14(17)13(10-12)15(9-11-1-2-11)19-7-5-18-6-8-19;;/h3-4,10-11,15,18H,1-2,5-9H2;2*1H/t15-;;/m0../s1. The van der Waals surface area contributed by atoms with Gasteiger partial charge in [0.25, 0.3) is 0 Å². The van der Waals surface area contributed by atoms with Gasteiger partial charge in [-0.25, -0.2) is 4.39 Å². The highest BCUT2D eigenvalue weighted by atomic mass is 79.9. The third-order valence-electron chi connectivity index (χ3n) is 4.16. The van der Waals surface area contributed by atoms with Crippen LogP contribution >= 0.6 is 40.7 Å². The fourth-order valence-corrected chi connectivity index (χ4v) is 3.28.